The van der Waals surface area contributed by atoms with Gasteiger partial charge in [-0.15, -0.1) is 0 Å². The summed E-state index contributed by atoms with van der Waals surface area (Å²) in [5.41, 5.74) is 1.21. The standard InChI is InChI=1S/C10H11NO/c12-9-6-10(11-7-9)8-4-2-1-3-5-8/h1-5,10-11H,6-7H2. The predicted octanol–water partition coefficient (Wildman–Crippen LogP) is 1.29. The highest BCUT2D eigenvalue weighted by atomic mass is 16.1. The summed E-state index contributed by atoms with van der Waals surface area (Å²) in [7, 11) is 0. The van der Waals surface area contributed by atoms with E-state index >= 15 is 0 Å². The number of ketones is 1. The molecule has 2 heteroatoms. The quantitative estimate of drug-likeness (QED) is 0.672. The van der Waals surface area contributed by atoms with E-state index in [0.29, 0.717) is 18.7 Å². The van der Waals surface area contributed by atoms with E-state index in [4.69, 9.17) is 0 Å². The third kappa shape index (κ3) is 1.38. The van der Waals surface area contributed by atoms with E-state index in [1.165, 1.54) is 5.56 Å². The molecular formula is C10H11NO. The number of hydrogen-bond donors (Lipinski definition) is 1. The van der Waals surface area contributed by atoms with Crippen molar-refractivity contribution in [2.45, 2.75) is 12.5 Å². The smallest absolute Gasteiger partial charge is 0.148 e. The largest absolute Gasteiger partial charge is 0.303 e. The zero-order valence-corrected chi connectivity index (χ0v) is 6.79. The monoisotopic (exact) mass is 161 g/mol. The number of nitrogens with one attached hydrogen (secondary N) is 1. The highest BCUT2D eigenvalue weighted by Crippen LogP contribution is 2.20. The van der Waals surface area contributed by atoms with Gasteiger partial charge in [-0.05, 0) is 5.56 Å². The number of Topliss-reactive ketones (excluding diaryl/α,β-unsaturated/α-hetero) is 1. The van der Waals surface area contributed by atoms with E-state index in [2.05, 4.69) is 17.4 Å². The first-order chi connectivity index (χ1) is 5.86. The Kier molecular flexibility index (Phi) is 1.92. The van der Waals surface area contributed by atoms with Gasteiger partial charge in [0.05, 0.1) is 6.54 Å². The van der Waals surface area contributed by atoms with Gasteiger partial charge < -0.3 is 5.32 Å². The summed E-state index contributed by atoms with van der Waals surface area (Å²) in [4.78, 5) is 11.0. The van der Waals surface area contributed by atoms with Crippen LogP contribution in [0.2, 0.25) is 0 Å². The molecule has 1 N–H and O–H groups in total. The molecule has 1 unspecified atom stereocenters. The van der Waals surface area contributed by atoms with Crippen molar-refractivity contribution in [1.29, 1.82) is 0 Å². The topological polar surface area (TPSA) is 29.1 Å². The van der Waals surface area contributed by atoms with Gasteiger partial charge in [0.1, 0.15) is 5.78 Å². The van der Waals surface area contributed by atoms with Crippen molar-refractivity contribution in [2.75, 3.05) is 6.54 Å². The third-order valence-electron chi connectivity index (χ3n) is 2.18. The summed E-state index contributed by atoms with van der Waals surface area (Å²) in [5, 5.41) is 3.17. The van der Waals surface area contributed by atoms with Crippen molar-refractivity contribution in [3.8, 4) is 0 Å². The van der Waals surface area contributed by atoms with Crippen LogP contribution in [0.3, 0.4) is 0 Å². The second kappa shape index (κ2) is 3.07. The lowest BCUT2D eigenvalue weighted by Gasteiger charge is -2.07. The molecule has 0 spiro atoms. The first-order valence-corrected chi connectivity index (χ1v) is 4.16. The fourth-order valence-electron chi connectivity index (χ4n) is 1.53. The number of benzene rings is 1. The lowest BCUT2D eigenvalue weighted by atomic mass is 10.1. The van der Waals surface area contributed by atoms with Gasteiger partial charge in [0.15, 0.2) is 0 Å². The first kappa shape index (κ1) is 7.50. The lowest BCUT2D eigenvalue weighted by molar-refractivity contribution is -0.116. The molecule has 1 heterocycles. The van der Waals surface area contributed by atoms with Crippen LogP contribution in [-0.4, -0.2) is 12.3 Å². The Morgan fingerprint density at radius 2 is 2.00 bits per heavy atom. The summed E-state index contributed by atoms with van der Waals surface area (Å²) in [5.74, 6) is 0.309. The molecule has 1 aromatic carbocycles. The molecule has 62 valence electrons. The summed E-state index contributed by atoms with van der Waals surface area (Å²) < 4.78 is 0. The second-order valence-corrected chi connectivity index (χ2v) is 3.09. The van der Waals surface area contributed by atoms with Gasteiger partial charge in [0.25, 0.3) is 0 Å². The van der Waals surface area contributed by atoms with Crippen LogP contribution in [-0.2, 0) is 4.79 Å². The van der Waals surface area contributed by atoms with Crippen molar-refractivity contribution < 1.29 is 4.79 Å². The number of rotatable bonds is 1. The third-order valence-corrected chi connectivity index (χ3v) is 2.18. The molecule has 0 aliphatic carbocycles. The molecule has 0 amide bonds. The van der Waals surface area contributed by atoms with E-state index in [1.54, 1.807) is 0 Å². The molecule has 1 saturated heterocycles. The minimum absolute atomic E-state index is 0.249. The van der Waals surface area contributed by atoms with Crippen LogP contribution in [0, 0.1) is 0 Å². The van der Waals surface area contributed by atoms with Gasteiger partial charge in [-0.25, -0.2) is 0 Å². The maximum atomic E-state index is 11.0. The van der Waals surface area contributed by atoms with E-state index < -0.39 is 0 Å². The molecule has 1 fully saturated rings. The molecule has 1 aromatic rings. The Morgan fingerprint density at radius 1 is 1.25 bits per heavy atom. The molecule has 0 bridgehead atoms. The predicted molar refractivity (Wildman–Crippen MR) is 46.8 cm³/mol. The zero-order valence-electron chi connectivity index (χ0n) is 6.79. The fourth-order valence-corrected chi connectivity index (χ4v) is 1.53. The Balaban J connectivity index is 2.16. The molecule has 2 rings (SSSR count). The maximum absolute atomic E-state index is 11.0. The van der Waals surface area contributed by atoms with Crippen molar-refractivity contribution in [1.82, 2.24) is 5.32 Å². The average molecular weight is 161 g/mol. The van der Waals surface area contributed by atoms with Crippen LogP contribution in [0.1, 0.15) is 18.0 Å². The fraction of sp³-hybridized carbons (Fsp3) is 0.300. The molecule has 0 radical (unpaired) electrons. The molecular weight excluding hydrogens is 150 g/mol. The van der Waals surface area contributed by atoms with E-state index in [-0.39, 0.29) is 6.04 Å². The summed E-state index contributed by atoms with van der Waals surface area (Å²) in [6.45, 7) is 0.527. The Morgan fingerprint density at radius 3 is 2.58 bits per heavy atom. The van der Waals surface area contributed by atoms with Gasteiger partial charge >= 0.3 is 0 Å². The molecule has 12 heavy (non-hydrogen) atoms. The highest BCUT2D eigenvalue weighted by molar-refractivity contribution is 5.83. The van der Waals surface area contributed by atoms with Crippen molar-refractivity contribution in [3.05, 3.63) is 35.9 Å². The van der Waals surface area contributed by atoms with E-state index in [9.17, 15) is 4.79 Å². The van der Waals surface area contributed by atoms with Crippen LogP contribution < -0.4 is 5.32 Å². The SMILES string of the molecule is O=C1CNC(c2ccccc2)C1. The normalized spacial score (nSPS) is 23.0. The van der Waals surface area contributed by atoms with Gasteiger partial charge in [0.2, 0.25) is 0 Å². The van der Waals surface area contributed by atoms with Crippen LogP contribution >= 0.6 is 0 Å². The Bertz CT molecular complexity index is 281. The lowest BCUT2D eigenvalue weighted by Crippen LogP contribution is -2.13. The van der Waals surface area contributed by atoms with Crippen molar-refractivity contribution >= 4 is 5.78 Å². The van der Waals surface area contributed by atoms with E-state index in [1.807, 2.05) is 18.2 Å². The molecule has 0 aromatic heterocycles. The number of carbonyl (C=O) groups is 1. The number of carbonyl (C=O) groups excluding carboxylic acids is 1. The van der Waals surface area contributed by atoms with Gasteiger partial charge in [0, 0.05) is 12.5 Å². The van der Waals surface area contributed by atoms with Crippen LogP contribution in [0.25, 0.3) is 0 Å². The zero-order chi connectivity index (χ0) is 8.39. The molecule has 1 aliphatic rings. The van der Waals surface area contributed by atoms with Crippen LogP contribution in [0.4, 0.5) is 0 Å². The highest BCUT2D eigenvalue weighted by Gasteiger charge is 2.21. The Labute approximate surface area is 71.6 Å². The van der Waals surface area contributed by atoms with Crippen LogP contribution in [0.5, 0.6) is 0 Å². The second-order valence-electron chi connectivity index (χ2n) is 3.09. The maximum Gasteiger partial charge on any atom is 0.148 e. The van der Waals surface area contributed by atoms with Crippen molar-refractivity contribution in [2.24, 2.45) is 0 Å². The summed E-state index contributed by atoms with van der Waals surface area (Å²) in [6.07, 6.45) is 0.643. The Hall–Kier alpha value is -1.15. The van der Waals surface area contributed by atoms with Crippen molar-refractivity contribution in [3.63, 3.8) is 0 Å². The van der Waals surface area contributed by atoms with Gasteiger partial charge in [-0.3, -0.25) is 4.79 Å². The van der Waals surface area contributed by atoms with Gasteiger partial charge in [-0.2, -0.15) is 0 Å². The van der Waals surface area contributed by atoms with Gasteiger partial charge in [-0.1, -0.05) is 30.3 Å². The molecule has 1 aliphatic heterocycles. The number of hydrogen-bond acceptors (Lipinski definition) is 2. The van der Waals surface area contributed by atoms with E-state index in [0.717, 1.165) is 0 Å². The minimum Gasteiger partial charge on any atom is -0.303 e. The van der Waals surface area contributed by atoms with Crippen LogP contribution in [0.15, 0.2) is 30.3 Å². The summed E-state index contributed by atoms with van der Waals surface area (Å²) in [6, 6.07) is 10.3. The molecule has 2 nitrogen and oxygen atoms in total. The average Bonchev–Trinajstić information content (AvgIpc) is 2.54. The summed E-state index contributed by atoms with van der Waals surface area (Å²) >= 11 is 0. The molecule has 0 saturated carbocycles. The minimum atomic E-state index is 0.249. The first-order valence-electron chi connectivity index (χ1n) is 4.16. The molecule has 1 atom stereocenters.